The van der Waals surface area contributed by atoms with Crippen LogP contribution in [-0.4, -0.2) is 14.3 Å². The van der Waals surface area contributed by atoms with Crippen LogP contribution in [0.4, 0.5) is 10.1 Å². The fourth-order valence-electron chi connectivity index (χ4n) is 1.90. The quantitative estimate of drug-likeness (QED) is 0.422. The van der Waals surface area contributed by atoms with Crippen molar-refractivity contribution in [1.82, 2.24) is 9.38 Å². The molecule has 1 aromatic carbocycles. The van der Waals surface area contributed by atoms with Crippen LogP contribution in [0.1, 0.15) is 0 Å². The number of aromatic nitrogens is 2. The average molecular weight is 317 g/mol. The number of nitro groups is 1. The Balaban J connectivity index is 2.19. The van der Waals surface area contributed by atoms with Crippen LogP contribution in [0, 0.1) is 15.9 Å². The van der Waals surface area contributed by atoms with Gasteiger partial charge in [-0.25, -0.2) is 9.37 Å². The van der Waals surface area contributed by atoms with Gasteiger partial charge in [0.05, 0.1) is 4.92 Å². The lowest BCUT2D eigenvalue weighted by molar-refractivity contribution is -0.389. The Bertz CT molecular complexity index is 925. The summed E-state index contributed by atoms with van der Waals surface area (Å²) in [6.45, 7) is 0. The van der Waals surface area contributed by atoms with Gasteiger partial charge in [-0.1, -0.05) is 17.8 Å². The highest BCUT2D eigenvalue weighted by molar-refractivity contribution is 7.99. The average Bonchev–Trinajstić information content (AvgIpc) is 2.49. The summed E-state index contributed by atoms with van der Waals surface area (Å²) in [5.74, 6) is -0.412. The Morgan fingerprint density at radius 1 is 1.18 bits per heavy atom. The van der Waals surface area contributed by atoms with Gasteiger partial charge < -0.3 is 0 Å². The summed E-state index contributed by atoms with van der Waals surface area (Å²) in [5, 5.41) is 11.2. The van der Waals surface area contributed by atoms with Crippen molar-refractivity contribution in [3.8, 4) is 0 Å². The molecule has 0 bridgehead atoms. The van der Waals surface area contributed by atoms with Crippen LogP contribution in [0.3, 0.4) is 0 Å². The van der Waals surface area contributed by atoms with Crippen molar-refractivity contribution in [2.45, 2.75) is 9.92 Å². The first-order valence-electron chi connectivity index (χ1n) is 6.15. The van der Waals surface area contributed by atoms with Crippen molar-refractivity contribution < 1.29 is 9.31 Å². The Labute approximate surface area is 127 Å². The number of pyridine rings is 1. The maximum atomic E-state index is 12.9. The second-order valence-electron chi connectivity index (χ2n) is 4.31. The predicted octanol–water partition coefficient (Wildman–Crippen LogP) is 2.89. The van der Waals surface area contributed by atoms with Crippen molar-refractivity contribution in [1.29, 1.82) is 0 Å². The van der Waals surface area contributed by atoms with Crippen LogP contribution >= 0.6 is 11.8 Å². The summed E-state index contributed by atoms with van der Waals surface area (Å²) < 4.78 is 14.0. The van der Waals surface area contributed by atoms with Crippen LogP contribution in [0.2, 0.25) is 0 Å². The van der Waals surface area contributed by atoms with E-state index >= 15 is 0 Å². The number of nitrogens with zero attached hydrogens (tertiary/aromatic N) is 3. The molecule has 110 valence electrons. The normalized spacial score (nSPS) is 10.8. The van der Waals surface area contributed by atoms with Crippen LogP contribution in [-0.2, 0) is 0 Å². The number of rotatable bonds is 3. The highest BCUT2D eigenvalue weighted by atomic mass is 32.2. The van der Waals surface area contributed by atoms with Gasteiger partial charge in [0.1, 0.15) is 11.5 Å². The molecule has 0 radical (unpaired) electrons. The van der Waals surface area contributed by atoms with E-state index in [-0.39, 0.29) is 5.03 Å². The molecule has 22 heavy (non-hydrogen) atoms. The van der Waals surface area contributed by atoms with Gasteiger partial charge >= 0.3 is 11.2 Å². The molecule has 0 atom stereocenters. The van der Waals surface area contributed by atoms with Crippen molar-refractivity contribution in [2.75, 3.05) is 0 Å². The molecule has 0 spiro atoms. The Morgan fingerprint density at radius 2 is 1.91 bits per heavy atom. The third-order valence-corrected chi connectivity index (χ3v) is 3.88. The van der Waals surface area contributed by atoms with Gasteiger partial charge in [-0.05, 0) is 36.4 Å². The molecule has 3 aromatic rings. The standard InChI is InChI=1S/C14H8FN3O3S/c15-9-4-6-10(7-5-9)22-13-12(18(20)21)14(19)17-8-2-1-3-11(17)16-13/h1-8H. The molecule has 0 amide bonds. The van der Waals surface area contributed by atoms with Crippen molar-refractivity contribution in [3.05, 3.63) is 74.9 Å². The van der Waals surface area contributed by atoms with E-state index in [0.717, 1.165) is 16.2 Å². The molecular formula is C14H8FN3O3S. The van der Waals surface area contributed by atoms with E-state index in [1.807, 2.05) is 0 Å². The molecule has 0 aliphatic heterocycles. The minimum atomic E-state index is -0.750. The summed E-state index contributed by atoms with van der Waals surface area (Å²) in [5.41, 5.74) is -1.04. The van der Waals surface area contributed by atoms with E-state index in [4.69, 9.17) is 0 Å². The number of fused-ring (bicyclic) bond motifs is 1. The summed E-state index contributed by atoms with van der Waals surface area (Å²) in [6, 6.07) is 10.3. The molecule has 0 saturated heterocycles. The molecule has 0 fully saturated rings. The lowest BCUT2D eigenvalue weighted by Crippen LogP contribution is -2.19. The van der Waals surface area contributed by atoms with Crippen molar-refractivity contribution in [3.63, 3.8) is 0 Å². The fourth-order valence-corrected chi connectivity index (χ4v) is 2.79. The molecule has 0 N–H and O–H groups in total. The monoisotopic (exact) mass is 317 g/mol. The van der Waals surface area contributed by atoms with E-state index in [0.29, 0.717) is 10.5 Å². The number of hydrogen-bond donors (Lipinski definition) is 0. The molecular weight excluding hydrogens is 309 g/mol. The first-order valence-corrected chi connectivity index (χ1v) is 6.97. The third-order valence-electron chi connectivity index (χ3n) is 2.89. The number of halogens is 1. The van der Waals surface area contributed by atoms with E-state index in [2.05, 4.69) is 4.98 Å². The molecule has 0 saturated carbocycles. The molecule has 3 rings (SSSR count). The molecule has 6 nitrogen and oxygen atoms in total. The minimum absolute atomic E-state index is 0.0205. The van der Waals surface area contributed by atoms with E-state index in [9.17, 15) is 19.3 Å². The fraction of sp³-hybridized carbons (Fsp3) is 0. The highest BCUT2D eigenvalue weighted by Gasteiger charge is 2.24. The molecule has 2 aromatic heterocycles. The lowest BCUT2D eigenvalue weighted by atomic mass is 10.4. The zero-order valence-corrected chi connectivity index (χ0v) is 11.8. The Hall–Kier alpha value is -2.74. The van der Waals surface area contributed by atoms with E-state index < -0.39 is 22.0 Å². The molecule has 8 heteroatoms. The third kappa shape index (κ3) is 2.56. The molecule has 0 aliphatic carbocycles. The van der Waals surface area contributed by atoms with Crippen molar-refractivity contribution >= 4 is 23.1 Å². The molecule has 0 unspecified atom stereocenters. The van der Waals surface area contributed by atoms with Gasteiger partial charge in [-0.3, -0.25) is 19.3 Å². The van der Waals surface area contributed by atoms with Crippen molar-refractivity contribution in [2.24, 2.45) is 0 Å². The Kier molecular flexibility index (Phi) is 3.60. The number of benzene rings is 1. The number of hydrogen-bond acceptors (Lipinski definition) is 5. The lowest BCUT2D eigenvalue weighted by Gasteiger charge is -2.05. The van der Waals surface area contributed by atoms with Gasteiger partial charge in [0.15, 0.2) is 5.03 Å². The second kappa shape index (κ2) is 5.57. The maximum Gasteiger partial charge on any atom is 0.366 e. The smallest absolute Gasteiger partial charge is 0.262 e. The van der Waals surface area contributed by atoms with Crippen LogP contribution < -0.4 is 5.56 Å². The zero-order chi connectivity index (χ0) is 15.7. The maximum absolute atomic E-state index is 12.9. The molecule has 0 aliphatic rings. The zero-order valence-electron chi connectivity index (χ0n) is 11.0. The second-order valence-corrected chi connectivity index (χ2v) is 5.37. The first-order chi connectivity index (χ1) is 10.6. The Morgan fingerprint density at radius 3 is 2.59 bits per heavy atom. The van der Waals surface area contributed by atoms with Crippen LogP contribution in [0.25, 0.3) is 5.65 Å². The summed E-state index contributed by atoms with van der Waals surface area (Å²) in [4.78, 5) is 27.4. The van der Waals surface area contributed by atoms with Gasteiger partial charge in [0.2, 0.25) is 0 Å². The van der Waals surface area contributed by atoms with Gasteiger partial charge in [-0.15, -0.1) is 0 Å². The predicted molar refractivity (Wildman–Crippen MR) is 78.6 cm³/mol. The topological polar surface area (TPSA) is 77.5 Å². The SMILES string of the molecule is O=c1c([N+](=O)[O-])c(Sc2ccc(F)cc2)nc2ccccn12. The van der Waals surface area contributed by atoms with Crippen LogP contribution in [0.15, 0.2) is 63.4 Å². The largest absolute Gasteiger partial charge is 0.366 e. The van der Waals surface area contributed by atoms with E-state index in [1.165, 1.54) is 30.5 Å². The summed E-state index contributed by atoms with van der Waals surface area (Å²) >= 11 is 0.947. The first kappa shape index (κ1) is 14.2. The van der Waals surface area contributed by atoms with Gasteiger partial charge in [0, 0.05) is 11.1 Å². The van der Waals surface area contributed by atoms with E-state index in [1.54, 1.807) is 18.2 Å². The summed E-state index contributed by atoms with van der Waals surface area (Å²) in [6.07, 6.45) is 1.42. The highest BCUT2D eigenvalue weighted by Crippen LogP contribution is 2.31. The molecule has 2 heterocycles. The summed E-state index contributed by atoms with van der Waals surface area (Å²) in [7, 11) is 0. The van der Waals surface area contributed by atoms with Crippen LogP contribution in [0.5, 0.6) is 0 Å². The minimum Gasteiger partial charge on any atom is -0.262 e. The van der Waals surface area contributed by atoms with Gasteiger partial charge in [-0.2, -0.15) is 0 Å². The van der Waals surface area contributed by atoms with Gasteiger partial charge in [0.25, 0.3) is 0 Å².